The van der Waals surface area contributed by atoms with Crippen molar-refractivity contribution >= 4 is 5.78 Å². The monoisotopic (exact) mass is 270 g/mol. The Hall–Kier alpha value is -1.78. The highest BCUT2D eigenvalue weighted by Gasteiger charge is 2.31. The van der Waals surface area contributed by atoms with Gasteiger partial charge in [0.2, 0.25) is 0 Å². The number of Topliss-reactive ketones (excluding diaryl/α,β-unsaturated/α-hetero) is 1. The molecule has 1 aromatic rings. The third-order valence-electron chi connectivity index (χ3n) is 2.91. The predicted molar refractivity (Wildman–Crippen MR) is 64.0 cm³/mol. The van der Waals surface area contributed by atoms with Crippen molar-refractivity contribution in [1.82, 2.24) is 0 Å². The molecule has 102 valence electrons. The molecule has 0 aromatic heterocycles. The summed E-state index contributed by atoms with van der Waals surface area (Å²) >= 11 is 0. The minimum Gasteiger partial charge on any atom is -0.406 e. The lowest BCUT2D eigenvalue weighted by Gasteiger charge is -2.13. The molecule has 19 heavy (non-hydrogen) atoms. The van der Waals surface area contributed by atoms with Gasteiger partial charge in [0.25, 0.3) is 0 Å². The first-order valence-electron chi connectivity index (χ1n) is 6.05. The highest BCUT2D eigenvalue weighted by molar-refractivity contribution is 6.08. The SMILES string of the molecule is O=C(C1=CCCCC1)c1cccc(OC(F)(F)F)c1. The van der Waals surface area contributed by atoms with E-state index in [4.69, 9.17) is 0 Å². The highest BCUT2D eigenvalue weighted by atomic mass is 19.4. The maximum absolute atomic E-state index is 12.1. The lowest BCUT2D eigenvalue weighted by molar-refractivity contribution is -0.274. The van der Waals surface area contributed by atoms with Gasteiger partial charge in [-0.2, -0.15) is 0 Å². The normalized spacial score (nSPS) is 15.8. The van der Waals surface area contributed by atoms with Crippen molar-refractivity contribution in [3.05, 3.63) is 41.5 Å². The van der Waals surface area contributed by atoms with E-state index < -0.39 is 6.36 Å². The maximum Gasteiger partial charge on any atom is 0.573 e. The number of carbonyl (C=O) groups is 1. The summed E-state index contributed by atoms with van der Waals surface area (Å²) in [5.41, 5.74) is 0.908. The fraction of sp³-hybridized carbons (Fsp3) is 0.357. The van der Waals surface area contributed by atoms with Crippen LogP contribution in [0.1, 0.15) is 36.0 Å². The van der Waals surface area contributed by atoms with E-state index >= 15 is 0 Å². The van der Waals surface area contributed by atoms with Crippen molar-refractivity contribution in [2.75, 3.05) is 0 Å². The van der Waals surface area contributed by atoms with Gasteiger partial charge in [-0.15, -0.1) is 13.2 Å². The van der Waals surface area contributed by atoms with Crippen LogP contribution in [0.25, 0.3) is 0 Å². The molecular weight excluding hydrogens is 257 g/mol. The number of hydrogen-bond donors (Lipinski definition) is 0. The second-order valence-electron chi connectivity index (χ2n) is 4.38. The minimum atomic E-state index is -4.74. The number of ketones is 1. The summed E-state index contributed by atoms with van der Waals surface area (Å²) < 4.78 is 40.1. The lowest BCUT2D eigenvalue weighted by Crippen LogP contribution is -2.17. The van der Waals surface area contributed by atoms with Crippen molar-refractivity contribution in [3.8, 4) is 5.75 Å². The van der Waals surface area contributed by atoms with Crippen molar-refractivity contribution < 1.29 is 22.7 Å². The summed E-state index contributed by atoms with van der Waals surface area (Å²) in [6.45, 7) is 0. The Bertz CT molecular complexity index is 504. The third kappa shape index (κ3) is 3.84. The van der Waals surface area contributed by atoms with Gasteiger partial charge in [-0.1, -0.05) is 18.2 Å². The van der Waals surface area contributed by atoms with Gasteiger partial charge in [-0.05, 0) is 43.4 Å². The first-order valence-corrected chi connectivity index (χ1v) is 6.05. The van der Waals surface area contributed by atoms with Crippen molar-refractivity contribution in [1.29, 1.82) is 0 Å². The van der Waals surface area contributed by atoms with Crippen LogP contribution in [0.4, 0.5) is 13.2 Å². The van der Waals surface area contributed by atoms with Gasteiger partial charge in [0, 0.05) is 5.56 Å². The Labute approximate surface area is 108 Å². The molecule has 1 aliphatic rings. The Morgan fingerprint density at radius 3 is 2.63 bits per heavy atom. The summed E-state index contributed by atoms with van der Waals surface area (Å²) in [5.74, 6) is -0.581. The van der Waals surface area contributed by atoms with Crippen LogP contribution < -0.4 is 4.74 Å². The number of carbonyl (C=O) groups excluding carboxylic acids is 1. The molecule has 0 bridgehead atoms. The van der Waals surface area contributed by atoms with Crippen LogP contribution in [0, 0.1) is 0 Å². The van der Waals surface area contributed by atoms with Gasteiger partial charge in [0.05, 0.1) is 0 Å². The second-order valence-corrected chi connectivity index (χ2v) is 4.38. The van der Waals surface area contributed by atoms with Crippen LogP contribution in [-0.4, -0.2) is 12.1 Å². The summed E-state index contributed by atoms with van der Waals surface area (Å²) in [6, 6.07) is 5.20. The maximum atomic E-state index is 12.1. The van der Waals surface area contributed by atoms with Crippen molar-refractivity contribution in [2.45, 2.75) is 32.0 Å². The summed E-state index contributed by atoms with van der Waals surface area (Å²) in [7, 11) is 0. The predicted octanol–water partition coefficient (Wildman–Crippen LogP) is 4.27. The average molecular weight is 270 g/mol. The van der Waals surface area contributed by atoms with Crippen molar-refractivity contribution in [2.24, 2.45) is 0 Å². The van der Waals surface area contributed by atoms with Crippen LogP contribution in [0.15, 0.2) is 35.9 Å². The summed E-state index contributed by atoms with van der Waals surface area (Å²) in [6.07, 6.45) is 0.641. The van der Waals surface area contributed by atoms with E-state index in [-0.39, 0.29) is 17.1 Å². The Morgan fingerprint density at radius 1 is 1.21 bits per heavy atom. The Balaban J connectivity index is 2.18. The molecule has 0 saturated heterocycles. The van der Waals surface area contributed by atoms with Gasteiger partial charge < -0.3 is 4.74 Å². The van der Waals surface area contributed by atoms with Gasteiger partial charge in [0.1, 0.15) is 5.75 Å². The molecule has 2 nitrogen and oxygen atoms in total. The van der Waals surface area contributed by atoms with E-state index in [1.165, 1.54) is 18.2 Å². The average Bonchev–Trinajstić information content (AvgIpc) is 2.37. The molecular formula is C14H13F3O2. The fourth-order valence-corrected chi connectivity index (χ4v) is 2.06. The number of rotatable bonds is 3. The first-order chi connectivity index (χ1) is 8.96. The van der Waals surface area contributed by atoms with E-state index in [1.807, 2.05) is 6.08 Å². The van der Waals surface area contributed by atoms with Crippen molar-refractivity contribution in [3.63, 3.8) is 0 Å². The molecule has 0 spiro atoms. The standard InChI is InChI=1S/C14H13F3O2/c15-14(16,17)19-12-8-4-7-11(9-12)13(18)10-5-2-1-3-6-10/h4-5,7-9H,1-3,6H2. The Kier molecular flexibility index (Phi) is 3.93. The van der Waals surface area contributed by atoms with E-state index in [1.54, 1.807) is 0 Å². The number of allylic oxidation sites excluding steroid dienone is 2. The summed E-state index contributed by atoms with van der Waals surface area (Å²) in [4.78, 5) is 12.1. The molecule has 0 amide bonds. The van der Waals surface area contributed by atoms with E-state index in [2.05, 4.69) is 4.74 Å². The molecule has 0 radical (unpaired) electrons. The molecule has 0 N–H and O–H groups in total. The highest BCUT2D eigenvalue weighted by Crippen LogP contribution is 2.26. The van der Waals surface area contributed by atoms with Gasteiger partial charge >= 0.3 is 6.36 Å². The molecule has 0 atom stereocenters. The smallest absolute Gasteiger partial charge is 0.406 e. The van der Waals surface area contributed by atoms with Gasteiger partial charge in [-0.3, -0.25) is 4.79 Å². The van der Waals surface area contributed by atoms with Gasteiger partial charge in [0.15, 0.2) is 5.78 Å². The zero-order chi connectivity index (χ0) is 13.9. The van der Waals surface area contributed by atoms with Crippen LogP contribution in [0.3, 0.4) is 0 Å². The van der Waals surface area contributed by atoms with Crippen LogP contribution in [-0.2, 0) is 0 Å². The van der Waals surface area contributed by atoms with E-state index in [0.717, 1.165) is 25.3 Å². The molecule has 0 saturated carbocycles. The number of alkyl halides is 3. The number of hydrogen-bond acceptors (Lipinski definition) is 2. The lowest BCUT2D eigenvalue weighted by atomic mass is 9.93. The number of halogens is 3. The Morgan fingerprint density at radius 2 is 2.00 bits per heavy atom. The summed E-state index contributed by atoms with van der Waals surface area (Å²) in [5, 5.41) is 0. The molecule has 0 fully saturated rings. The van der Waals surface area contributed by atoms with Crippen LogP contribution in [0.2, 0.25) is 0 Å². The molecule has 1 aliphatic carbocycles. The largest absolute Gasteiger partial charge is 0.573 e. The quantitative estimate of drug-likeness (QED) is 0.767. The van der Waals surface area contributed by atoms with E-state index in [9.17, 15) is 18.0 Å². The minimum absolute atomic E-state index is 0.215. The fourth-order valence-electron chi connectivity index (χ4n) is 2.06. The topological polar surface area (TPSA) is 26.3 Å². The van der Waals surface area contributed by atoms with Crippen LogP contribution >= 0.6 is 0 Å². The zero-order valence-electron chi connectivity index (χ0n) is 10.2. The number of ether oxygens (including phenoxy) is 1. The first kappa shape index (κ1) is 13.6. The van der Waals surface area contributed by atoms with E-state index in [0.29, 0.717) is 12.0 Å². The van der Waals surface area contributed by atoms with Gasteiger partial charge in [-0.25, -0.2) is 0 Å². The second kappa shape index (κ2) is 5.47. The van der Waals surface area contributed by atoms with Crippen LogP contribution in [0.5, 0.6) is 5.75 Å². The molecule has 1 aromatic carbocycles. The molecule has 2 rings (SSSR count). The molecule has 5 heteroatoms. The molecule has 0 aliphatic heterocycles. The molecule has 0 heterocycles. The molecule has 0 unspecified atom stereocenters. The number of benzene rings is 1. The third-order valence-corrected chi connectivity index (χ3v) is 2.91. The zero-order valence-corrected chi connectivity index (χ0v) is 10.2.